The van der Waals surface area contributed by atoms with Crippen molar-refractivity contribution in [2.24, 2.45) is 5.92 Å². The number of non-ortho nitro benzene ring substituents is 1. The summed E-state index contributed by atoms with van der Waals surface area (Å²) in [5.74, 6) is 0.687. The average Bonchev–Trinajstić information content (AvgIpc) is 3.27. The van der Waals surface area contributed by atoms with Crippen LogP contribution in [0, 0.1) is 16.0 Å². The van der Waals surface area contributed by atoms with Crippen molar-refractivity contribution >= 4 is 30.5 Å². The van der Waals surface area contributed by atoms with E-state index in [9.17, 15) is 15.2 Å². The second-order valence-corrected chi connectivity index (χ2v) is 5.57. The Morgan fingerprint density at radius 1 is 1.27 bits per heavy atom. The predicted octanol–water partition coefficient (Wildman–Crippen LogP) is 2.50. The van der Waals surface area contributed by atoms with Gasteiger partial charge in [0.2, 0.25) is 0 Å². The minimum absolute atomic E-state index is 0. The largest absolute Gasteiger partial charge is 0.508 e. The molecule has 124 valence electrons. The van der Waals surface area contributed by atoms with E-state index in [1.165, 1.54) is 12.1 Å². The number of aromatic hydroxyl groups is 1. The highest BCUT2D eigenvalue weighted by Gasteiger charge is 2.38. The van der Waals surface area contributed by atoms with Gasteiger partial charge in [0.25, 0.3) is 5.69 Å². The molecule has 8 heteroatoms. The lowest BCUT2D eigenvalue weighted by atomic mass is 9.98. The van der Waals surface area contributed by atoms with Gasteiger partial charge in [-0.2, -0.15) is 0 Å². The zero-order valence-electron chi connectivity index (χ0n) is 12.1. The number of piperazine rings is 1. The molecule has 1 aliphatic heterocycles. The number of nitro benzene ring substituents is 1. The van der Waals surface area contributed by atoms with Gasteiger partial charge in [-0.1, -0.05) is 0 Å². The fourth-order valence-corrected chi connectivity index (χ4v) is 3.01. The third-order valence-electron chi connectivity index (χ3n) is 4.15. The van der Waals surface area contributed by atoms with Crippen molar-refractivity contribution in [3.8, 4) is 5.75 Å². The highest BCUT2D eigenvalue weighted by Crippen LogP contribution is 2.47. The number of hydrogen-bond acceptors (Lipinski definition) is 5. The van der Waals surface area contributed by atoms with Crippen LogP contribution in [0.15, 0.2) is 18.2 Å². The first-order valence-corrected chi connectivity index (χ1v) is 7.09. The predicted molar refractivity (Wildman–Crippen MR) is 89.2 cm³/mol. The lowest BCUT2D eigenvalue weighted by Gasteiger charge is -2.35. The molecule has 0 radical (unpaired) electrons. The molecule has 1 saturated carbocycles. The molecule has 1 aromatic carbocycles. The van der Waals surface area contributed by atoms with E-state index in [0.717, 1.165) is 39.0 Å². The van der Waals surface area contributed by atoms with Crippen molar-refractivity contribution < 1.29 is 10.0 Å². The monoisotopic (exact) mass is 349 g/mol. The third-order valence-corrected chi connectivity index (χ3v) is 4.15. The molecule has 3 rings (SSSR count). The molecule has 2 fully saturated rings. The first-order chi connectivity index (χ1) is 9.66. The molecule has 1 heterocycles. The van der Waals surface area contributed by atoms with Crippen molar-refractivity contribution in [3.05, 3.63) is 33.9 Å². The summed E-state index contributed by atoms with van der Waals surface area (Å²) in [6.45, 7) is 3.70. The summed E-state index contributed by atoms with van der Waals surface area (Å²) < 4.78 is 0. The lowest BCUT2D eigenvalue weighted by molar-refractivity contribution is -0.385. The van der Waals surface area contributed by atoms with Crippen molar-refractivity contribution in [2.75, 3.05) is 26.2 Å². The van der Waals surface area contributed by atoms with Crippen LogP contribution in [0.25, 0.3) is 0 Å². The maximum absolute atomic E-state index is 10.9. The minimum Gasteiger partial charge on any atom is -0.508 e. The quantitative estimate of drug-likeness (QED) is 0.644. The van der Waals surface area contributed by atoms with Crippen molar-refractivity contribution in [1.82, 2.24) is 10.2 Å². The molecular formula is C14H21Cl2N3O3. The number of benzene rings is 1. The molecule has 0 bridgehead atoms. The summed E-state index contributed by atoms with van der Waals surface area (Å²) in [4.78, 5) is 12.9. The van der Waals surface area contributed by atoms with E-state index >= 15 is 0 Å². The van der Waals surface area contributed by atoms with Gasteiger partial charge in [0, 0.05) is 49.9 Å². The van der Waals surface area contributed by atoms with E-state index in [-0.39, 0.29) is 42.3 Å². The van der Waals surface area contributed by atoms with E-state index in [0.29, 0.717) is 11.5 Å². The van der Waals surface area contributed by atoms with Gasteiger partial charge in [0.05, 0.1) is 4.92 Å². The first kappa shape index (κ1) is 19.0. The van der Waals surface area contributed by atoms with E-state index in [1.807, 2.05) is 0 Å². The molecular weight excluding hydrogens is 329 g/mol. The Hall–Kier alpha value is -1.08. The van der Waals surface area contributed by atoms with Gasteiger partial charge in [-0.25, -0.2) is 0 Å². The minimum atomic E-state index is -0.398. The zero-order valence-corrected chi connectivity index (χ0v) is 13.7. The molecule has 0 amide bonds. The van der Waals surface area contributed by atoms with Gasteiger partial charge in [-0.3, -0.25) is 15.0 Å². The Kier molecular flexibility index (Phi) is 6.87. The maximum atomic E-state index is 10.9. The second kappa shape index (κ2) is 7.97. The Bertz CT molecular complexity index is 520. The van der Waals surface area contributed by atoms with Gasteiger partial charge in [0.15, 0.2) is 0 Å². The number of rotatable bonds is 4. The molecule has 6 nitrogen and oxygen atoms in total. The van der Waals surface area contributed by atoms with E-state index in [4.69, 9.17) is 0 Å². The normalized spacial score (nSPS) is 19.6. The molecule has 1 saturated heterocycles. The molecule has 0 aromatic heterocycles. The fourth-order valence-electron chi connectivity index (χ4n) is 3.01. The number of nitrogens with one attached hydrogen (secondary N) is 1. The molecule has 22 heavy (non-hydrogen) atoms. The van der Waals surface area contributed by atoms with Crippen LogP contribution in [0.1, 0.15) is 24.4 Å². The highest BCUT2D eigenvalue weighted by atomic mass is 35.5. The SMILES string of the molecule is Cl.Cl.O=[N+]([O-])c1ccc(O)c([C@H](C2CC2)N2CCNCC2)c1. The number of phenolic OH excluding ortho intramolecular Hbond substituents is 1. The summed E-state index contributed by atoms with van der Waals surface area (Å²) in [6, 6.07) is 4.46. The molecule has 1 atom stereocenters. The van der Waals surface area contributed by atoms with Crippen LogP contribution in [0.3, 0.4) is 0 Å². The van der Waals surface area contributed by atoms with Crippen LogP contribution >= 0.6 is 24.8 Å². The van der Waals surface area contributed by atoms with Crippen LogP contribution in [0.4, 0.5) is 5.69 Å². The summed E-state index contributed by atoms with van der Waals surface area (Å²) in [5.41, 5.74) is 0.766. The van der Waals surface area contributed by atoms with Crippen LogP contribution in [0.2, 0.25) is 0 Å². The molecule has 0 unspecified atom stereocenters. The number of phenols is 1. The second-order valence-electron chi connectivity index (χ2n) is 5.57. The van der Waals surface area contributed by atoms with E-state index in [1.54, 1.807) is 6.07 Å². The molecule has 1 aromatic rings. The van der Waals surface area contributed by atoms with E-state index in [2.05, 4.69) is 10.2 Å². The van der Waals surface area contributed by atoms with Crippen LogP contribution in [-0.4, -0.2) is 41.1 Å². The number of nitro groups is 1. The molecule has 2 aliphatic rings. The van der Waals surface area contributed by atoms with Crippen LogP contribution in [0.5, 0.6) is 5.75 Å². The van der Waals surface area contributed by atoms with Crippen molar-refractivity contribution in [3.63, 3.8) is 0 Å². The molecule has 0 spiro atoms. The van der Waals surface area contributed by atoms with Gasteiger partial charge in [-0.05, 0) is 24.8 Å². The van der Waals surface area contributed by atoms with Crippen molar-refractivity contribution in [1.29, 1.82) is 0 Å². The Morgan fingerprint density at radius 3 is 2.45 bits per heavy atom. The Morgan fingerprint density at radius 2 is 1.91 bits per heavy atom. The zero-order chi connectivity index (χ0) is 14.1. The maximum Gasteiger partial charge on any atom is 0.270 e. The van der Waals surface area contributed by atoms with Gasteiger partial charge >= 0.3 is 0 Å². The topological polar surface area (TPSA) is 78.6 Å². The smallest absolute Gasteiger partial charge is 0.270 e. The van der Waals surface area contributed by atoms with Gasteiger partial charge in [0.1, 0.15) is 5.75 Å². The highest BCUT2D eigenvalue weighted by molar-refractivity contribution is 5.85. The summed E-state index contributed by atoms with van der Waals surface area (Å²) in [5, 5.41) is 24.4. The number of hydrogen-bond donors (Lipinski definition) is 2. The average molecular weight is 350 g/mol. The summed E-state index contributed by atoms with van der Waals surface area (Å²) in [7, 11) is 0. The van der Waals surface area contributed by atoms with E-state index < -0.39 is 4.92 Å². The third kappa shape index (κ3) is 4.01. The Labute approximate surface area is 141 Å². The summed E-state index contributed by atoms with van der Waals surface area (Å²) >= 11 is 0. The van der Waals surface area contributed by atoms with Gasteiger partial charge in [-0.15, -0.1) is 24.8 Å². The van der Waals surface area contributed by atoms with Crippen LogP contribution in [-0.2, 0) is 0 Å². The summed E-state index contributed by atoms with van der Waals surface area (Å²) in [6.07, 6.45) is 2.27. The first-order valence-electron chi connectivity index (χ1n) is 7.09. The Balaban J connectivity index is 0.00000121. The van der Waals surface area contributed by atoms with Crippen molar-refractivity contribution in [2.45, 2.75) is 18.9 Å². The number of halogens is 2. The number of nitrogens with zero attached hydrogens (tertiary/aromatic N) is 2. The lowest BCUT2D eigenvalue weighted by Crippen LogP contribution is -2.45. The fraction of sp³-hybridized carbons (Fsp3) is 0.571. The van der Waals surface area contributed by atoms with Crippen LogP contribution < -0.4 is 5.32 Å². The molecule has 1 aliphatic carbocycles. The van der Waals surface area contributed by atoms with Gasteiger partial charge < -0.3 is 10.4 Å². The standard InChI is InChI=1S/C14H19N3O3.2ClH/c18-13-4-3-11(17(19)20)9-12(13)14(10-1-2-10)16-7-5-15-6-8-16;;/h3-4,9-10,14-15,18H,1-2,5-8H2;2*1H/t14-;;/m0../s1. The molecule has 2 N–H and O–H groups in total.